The highest BCUT2D eigenvalue weighted by Crippen LogP contribution is 2.35. The van der Waals surface area contributed by atoms with Crippen LogP contribution in [0.25, 0.3) is 16.8 Å². The Bertz CT molecular complexity index is 1180. The second kappa shape index (κ2) is 7.24. The summed E-state index contributed by atoms with van der Waals surface area (Å²) < 4.78 is 27.3. The molecule has 3 heterocycles. The summed E-state index contributed by atoms with van der Waals surface area (Å²) in [5, 5.41) is 0. The molecule has 0 aromatic carbocycles. The Balaban J connectivity index is 1.73. The maximum absolute atomic E-state index is 14.2. The molecule has 0 fully saturated rings. The minimum Gasteiger partial charge on any atom is -0.252 e. The Kier molecular flexibility index (Phi) is 4.85. The maximum Gasteiger partial charge on any atom is 0.224 e. The van der Waals surface area contributed by atoms with Crippen molar-refractivity contribution < 1.29 is 8.78 Å². The maximum atomic E-state index is 14.2. The first-order valence-corrected chi connectivity index (χ1v) is 9.86. The molecule has 0 amide bonds. The van der Waals surface area contributed by atoms with Gasteiger partial charge in [0.05, 0.1) is 28.3 Å². The molecule has 0 saturated carbocycles. The van der Waals surface area contributed by atoms with E-state index in [2.05, 4.69) is 42.0 Å². The lowest BCUT2D eigenvalue weighted by Crippen LogP contribution is -2.22. The zero-order valence-corrected chi connectivity index (χ0v) is 17.4. The van der Waals surface area contributed by atoms with Crippen molar-refractivity contribution in [2.24, 2.45) is 5.41 Å². The van der Waals surface area contributed by atoms with Crippen LogP contribution < -0.4 is 0 Å². The van der Waals surface area contributed by atoms with Gasteiger partial charge in [0.15, 0.2) is 0 Å². The van der Waals surface area contributed by atoms with Gasteiger partial charge in [-0.05, 0) is 55.8 Å². The van der Waals surface area contributed by atoms with Gasteiger partial charge in [0.1, 0.15) is 0 Å². The molecular weight excluding hydrogens is 380 g/mol. The van der Waals surface area contributed by atoms with Crippen molar-refractivity contribution in [2.45, 2.75) is 33.1 Å². The number of halogens is 2. The SMILES string of the molecule is CC1(C)C=CC(c2cccc(C(C)(C)c3cccc(-c4ccc(F)nc4F)n3)n2)=C1. The third-order valence-electron chi connectivity index (χ3n) is 5.39. The highest BCUT2D eigenvalue weighted by Gasteiger charge is 2.28. The van der Waals surface area contributed by atoms with E-state index in [1.165, 1.54) is 6.07 Å². The van der Waals surface area contributed by atoms with Crippen molar-refractivity contribution in [3.05, 3.63) is 95.7 Å². The predicted molar refractivity (Wildman–Crippen MR) is 115 cm³/mol. The predicted octanol–water partition coefficient (Wildman–Crippen LogP) is 6.12. The van der Waals surface area contributed by atoms with Gasteiger partial charge in [-0.2, -0.15) is 13.8 Å². The molecule has 1 aliphatic rings. The van der Waals surface area contributed by atoms with E-state index in [9.17, 15) is 8.78 Å². The average Bonchev–Trinajstić information content (AvgIpc) is 3.08. The molecule has 0 spiro atoms. The van der Waals surface area contributed by atoms with Crippen molar-refractivity contribution >= 4 is 5.57 Å². The zero-order valence-electron chi connectivity index (χ0n) is 17.4. The quantitative estimate of drug-likeness (QED) is 0.493. The fraction of sp³-hybridized carbons (Fsp3) is 0.240. The van der Waals surface area contributed by atoms with Crippen LogP contribution >= 0.6 is 0 Å². The van der Waals surface area contributed by atoms with E-state index in [-0.39, 0.29) is 11.0 Å². The molecular formula is C25H23F2N3. The molecule has 0 saturated heterocycles. The Morgan fingerprint density at radius 1 is 0.800 bits per heavy atom. The lowest BCUT2D eigenvalue weighted by molar-refractivity contribution is 0.514. The Morgan fingerprint density at radius 2 is 1.43 bits per heavy atom. The van der Waals surface area contributed by atoms with Crippen LogP contribution in [0.2, 0.25) is 0 Å². The van der Waals surface area contributed by atoms with Gasteiger partial charge in [0, 0.05) is 10.8 Å². The van der Waals surface area contributed by atoms with E-state index in [4.69, 9.17) is 4.98 Å². The summed E-state index contributed by atoms with van der Waals surface area (Å²) in [4.78, 5) is 12.8. The normalized spacial score (nSPS) is 15.3. The Morgan fingerprint density at radius 3 is 2.03 bits per heavy atom. The lowest BCUT2D eigenvalue weighted by Gasteiger charge is -2.25. The van der Waals surface area contributed by atoms with E-state index >= 15 is 0 Å². The molecule has 0 atom stereocenters. The van der Waals surface area contributed by atoms with Crippen LogP contribution in [0.15, 0.2) is 66.8 Å². The molecule has 0 bridgehead atoms. The number of rotatable bonds is 4. The molecule has 30 heavy (non-hydrogen) atoms. The molecule has 4 rings (SSSR count). The second-order valence-electron chi connectivity index (χ2n) is 8.67. The van der Waals surface area contributed by atoms with Crippen molar-refractivity contribution in [3.8, 4) is 11.3 Å². The van der Waals surface area contributed by atoms with Crippen LogP contribution in [0.1, 0.15) is 44.8 Å². The van der Waals surface area contributed by atoms with Crippen LogP contribution in [0.4, 0.5) is 8.78 Å². The molecule has 1 aliphatic carbocycles. The molecule has 0 aliphatic heterocycles. The molecule has 5 heteroatoms. The number of pyridine rings is 3. The van der Waals surface area contributed by atoms with Crippen LogP contribution in [0.5, 0.6) is 0 Å². The number of nitrogens with zero attached hydrogens (tertiary/aromatic N) is 3. The van der Waals surface area contributed by atoms with Crippen LogP contribution in [-0.4, -0.2) is 15.0 Å². The molecule has 3 aromatic heterocycles. The van der Waals surface area contributed by atoms with Gasteiger partial charge >= 0.3 is 0 Å². The Hall–Kier alpha value is -3.21. The van der Waals surface area contributed by atoms with E-state index in [1.54, 1.807) is 6.07 Å². The summed E-state index contributed by atoms with van der Waals surface area (Å²) in [5.74, 6) is -1.73. The van der Waals surface area contributed by atoms with Crippen molar-refractivity contribution in [1.29, 1.82) is 0 Å². The van der Waals surface area contributed by atoms with Crippen LogP contribution in [0, 0.1) is 17.3 Å². The summed E-state index contributed by atoms with van der Waals surface area (Å²) in [5.41, 5.74) is 3.68. The first kappa shape index (κ1) is 20.1. The fourth-order valence-corrected chi connectivity index (χ4v) is 3.57. The molecule has 3 aromatic rings. The average molecular weight is 403 g/mol. The van der Waals surface area contributed by atoms with E-state index in [1.807, 2.05) is 44.2 Å². The summed E-state index contributed by atoms with van der Waals surface area (Å²) in [6.45, 7) is 8.38. The topological polar surface area (TPSA) is 38.7 Å². The molecule has 0 unspecified atom stereocenters. The third kappa shape index (κ3) is 3.80. The fourth-order valence-electron chi connectivity index (χ4n) is 3.57. The van der Waals surface area contributed by atoms with E-state index < -0.39 is 17.3 Å². The van der Waals surface area contributed by atoms with Crippen LogP contribution in [-0.2, 0) is 5.41 Å². The van der Waals surface area contributed by atoms with Gasteiger partial charge in [-0.1, -0.05) is 44.2 Å². The molecule has 0 N–H and O–H groups in total. The molecule has 0 radical (unpaired) electrons. The summed E-state index contributed by atoms with van der Waals surface area (Å²) >= 11 is 0. The summed E-state index contributed by atoms with van der Waals surface area (Å²) in [6.07, 6.45) is 6.47. The zero-order chi connectivity index (χ0) is 21.5. The lowest BCUT2D eigenvalue weighted by atomic mass is 9.84. The number of hydrogen-bond acceptors (Lipinski definition) is 3. The standard InChI is InChI=1S/C25H23F2N3/c1-24(2)14-13-16(15-24)18-7-5-9-20(28-18)25(3,4)21-10-6-8-19(29-21)17-11-12-22(26)30-23(17)27/h5-15H,1-4H3. The van der Waals surface area contributed by atoms with Crippen molar-refractivity contribution in [2.75, 3.05) is 0 Å². The van der Waals surface area contributed by atoms with Gasteiger partial charge < -0.3 is 0 Å². The highest BCUT2D eigenvalue weighted by atomic mass is 19.1. The van der Waals surface area contributed by atoms with E-state index in [0.29, 0.717) is 5.69 Å². The number of aromatic nitrogens is 3. The first-order valence-electron chi connectivity index (χ1n) is 9.86. The minimum absolute atomic E-state index is 0.0195. The second-order valence-corrected chi connectivity index (χ2v) is 8.67. The molecule has 152 valence electrons. The Labute approximate surface area is 175 Å². The molecule has 3 nitrogen and oxygen atoms in total. The first-order chi connectivity index (χ1) is 14.2. The van der Waals surface area contributed by atoms with Gasteiger partial charge in [-0.3, -0.25) is 9.97 Å². The van der Waals surface area contributed by atoms with Gasteiger partial charge in [-0.25, -0.2) is 0 Å². The van der Waals surface area contributed by atoms with Gasteiger partial charge in [0.25, 0.3) is 0 Å². The summed E-state index contributed by atoms with van der Waals surface area (Å²) in [7, 11) is 0. The van der Waals surface area contributed by atoms with Crippen molar-refractivity contribution in [3.63, 3.8) is 0 Å². The van der Waals surface area contributed by atoms with Gasteiger partial charge in [0.2, 0.25) is 11.9 Å². The third-order valence-corrected chi connectivity index (χ3v) is 5.39. The van der Waals surface area contributed by atoms with Crippen molar-refractivity contribution in [1.82, 2.24) is 15.0 Å². The minimum atomic E-state index is -0.875. The number of hydrogen-bond donors (Lipinski definition) is 0. The van der Waals surface area contributed by atoms with Gasteiger partial charge in [-0.15, -0.1) is 0 Å². The highest BCUT2D eigenvalue weighted by molar-refractivity contribution is 5.75. The number of allylic oxidation sites excluding steroid dienone is 4. The van der Waals surface area contributed by atoms with Crippen LogP contribution in [0.3, 0.4) is 0 Å². The smallest absolute Gasteiger partial charge is 0.224 e. The monoisotopic (exact) mass is 403 g/mol. The largest absolute Gasteiger partial charge is 0.252 e. The van der Waals surface area contributed by atoms with E-state index in [0.717, 1.165) is 28.7 Å². The summed E-state index contributed by atoms with van der Waals surface area (Å²) in [6, 6.07) is 13.9.